The Bertz CT molecular complexity index is 1080. The van der Waals surface area contributed by atoms with Crippen LogP contribution in [-0.2, 0) is 14.3 Å². The number of hydrogen-bond acceptors (Lipinski definition) is 6. The molecule has 1 amide bonds. The third-order valence-corrected chi connectivity index (χ3v) is 5.81. The number of nitrogens with zero attached hydrogens (tertiary/aromatic N) is 2. The molecule has 8 nitrogen and oxygen atoms in total. The van der Waals surface area contributed by atoms with E-state index in [9.17, 15) is 19.5 Å². The van der Waals surface area contributed by atoms with Gasteiger partial charge in [-0.15, -0.1) is 0 Å². The minimum Gasteiger partial charge on any atom is -0.507 e. The highest BCUT2D eigenvalue weighted by molar-refractivity contribution is 6.46. The Kier molecular flexibility index (Phi) is 7.38. The van der Waals surface area contributed by atoms with E-state index in [1.165, 1.54) is 4.90 Å². The second-order valence-electron chi connectivity index (χ2n) is 8.41. The lowest BCUT2D eigenvalue weighted by molar-refractivity contribution is -0.139. The predicted octanol–water partition coefficient (Wildman–Crippen LogP) is 3.18. The number of ketones is 1. The van der Waals surface area contributed by atoms with E-state index < -0.39 is 23.7 Å². The van der Waals surface area contributed by atoms with Crippen molar-refractivity contribution in [1.29, 1.82) is 0 Å². The van der Waals surface area contributed by atoms with E-state index in [0.29, 0.717) is 29.8 Å². The first-order valence-corrected chi connectivity index (χ1v) is 11.0. The zero-order chi connectivity index (χ0) is 24.3. The fraction of sp³-hybridized carbons (Fsp3) is 0.400. The van der Waals surface area contributed by atoms with Gasteiger partial charge in [-0.2, -0.15) is 0 Å². The van der Waals surface area contributed by atoms with E-state index in [0.717, 1.165) is 12.1 Å². The highest BCUT2D eigenvalue weighted by Crippen LogP contribution is 2.40. The Morgan fingerprint density at radius 3 is 2.45 bits per heavy atom. The zero-order valence-electron chi connectivity index (χ0n) is 19.8. The third kappa shape index (κ3) is 4.71. The van der Waals surface area contributed by atoms with Gasteiger partial charge in [-0.25, -0.2) is 4.79 Å². The highest BCUT2D eigenvalue weighted by atomic mass is 16.5. The number of Topliss-reactive ketones (excluding diaryl/α,β-unsaturated/α-hetero) is 1. The number of hydrogen-bond donors (Lipinski definition) is 2. The average Bonchev–Trinajstić information content (AvgIpc) is 3.21. The first kappa shape index (κ1) is 24.3. The van der Waals surface area contributed by atoms with Gasteiger partial charge in [-0.05, 0) is 59.0 Å². The highest BCUT2D eigenvalue weighted by Gasteiger charge is 2.46. The summed E-state index contributed by atoms with van der Waals surface area (Å²) in [4.78, 5) is 45.0. The summed E-state index contributed by atoms with van der Waals surface area (Å²) in [6, 6.07) is 8.48. The number of rotatable bonds is 8. The van der Waals surface area contributed by atoms with Crippen LogP contribution in [0.3, 0.4) is 0 Å². The van der Waals surface area contributed by atoms with Crippen LogP contribution in [-0.4, -0.2) is 71.3 Å². The fourth-order valence-electron chi connectivity index (χ4n) is 4.30. The monoisotopic (exact) mass is 453 g/mol. The molecular weight excluding hydrogens is 422 g/mol. The molecule has 0 aliphatic carbocycles. The van der Waals surface area contributed by atoms with Gasteiger partial charge in [0.2, 0.25) is 0 Å². The zero-order valence-corrected chi connectivity index (χ0v) is 19.8. The summed E-state index contributed by atoms with van der Waals surface area (Å²) in [5.41, 5.74) is 2.29. The number of likely N-dealkylation sites (tertiary alicyclic amines) is 1. The van der Waals surface area contributed by atoms with Crippen molar-refractivity contribution in [2.75, 3.05) is 33.8 Å². The molecule has 1 saturated heterocycles. The van der Waals surface area contributed by atoms with Gasteiger partial charge in [-0.1, -0.05) is 30.3 Å². The number of aryl methyl sites for hydroxylation is 1. The number of aromatic nitrogens is 1. The van der Waals surface area contributed by atoms with Crippen LogP contribution in [0.25, 0.3) is 5.76 Å². The number of aliphatic hydroxyl groups excluding tert-OH is 1. The lowest BCUT2D eigenvalue weighted by Gasteiger charge is -2.26. The number of amides is 1. The molecule has 33 heavy (non-hydrogen) atoms. The molecule has 0 radical (unpaired) electrons. The van der Waals surface area contributed by atoms with Gasteiger partial charge >= 0.3 is 5.97 Å². The maximum Gasteiger partial charge on any atom is 0.355 e. The number of aliphatic hydroxyl groups is 1. The summed E-state index contributed by atoms with van der Waals surface area (Å²) >= 11 is 0. The van der Waals surface area contributed by atoms with Crippen LogP contribution >= 0.6 is 0 Å². The molecule has 176 valence electrons. The second-order valence-corrected chi connectivity index (χ2v) is 8.41. The molecule has 0 bridgehead atoms. The van der Waals surface area contributed by atoms with Crippen molar-refractivity contribution in [3.8, 4) is 0 Å². The van der Waals surface area contributed by atoms with Gasteiger partial charge < -0.3 is 24.6 Å². The van der Waals surface area contributed by atoms with Crippen LogP contribution in [0.1, 0.15) is 52.3 Å². The summed E-state index contributed by atoms with van der Waals surface area (Å²) in [5.74, 6) is -2.20. The number of ether oxygens (including phenoxy) is 1. The van der Waals surface area contributed by atoms with Crippen molar-refractivity contribution in [2.45, 2.75) is 33.2 Å². The van der Waals surface area contributed by atoms with Crippen LogP contribution in [0.5, 0.6) is 0 Å². The molecule has 1 fully saturated rings. The summed E-state index contributed by atoms with van der Waals surface area (Å²) in [6.45, 7) is 6.43. The van der Waals surface area contributed by atoms with Gasteiger partial charge in [0, 0.05) is 17.8 Å². The smallest absolute Gasteiger partial charge is 0.355 e. The average molecular weight is 454 g/mol. The lowest BCUT2D eigenvalue weighted by Crippen LogP contribution is -2.32. The Hall–Kier alpha value is -3.39. The van der Waals surface area contributed by atoms with Gasteiger partial charge in [0.1, 0.15) is 11.5 Å². The molecular formula is C25H31N3O5. The van der Waals surface area contributed by atoms with Crippen molar-refractivity contribution in [3.63, 3.8) is 0 Å². The van der Waals surface area contributed by atoms with Gasteiger partial charge in [0.15, 0.2) is 0 Å². The van der Waals surface area contributed by atoms with E-state index >= 15 is 0 Å². The van der Waals surface area contributed by atoms with Gasteiger partial charge in [0.05, 0.1) is 18.2 Å². The van der Waals surface area contributed by atoms with E-state index in [1.807, 2.05) is 49.3 Å². The number of aromatic amines is 1. The number of nitrogens with one attached hydrogen (secondary N) is 1. The topological polar surface area (TPSA) is 103 Å². The predicted molar refractivity (Wildman–Crippen MR) is 125 cm³/mol. The molecule has 1 aromatic carbocycles. The molecule has 2 heterocycles. The summed E-state index contributed by atoms with van der Waals surface area (Å²) < 4.78 is 5.09. The Morgan fingerprint density at radius 1 is 1.18 bits per heavy atom. The maximum atomic E-state index is 13.2. The molecule has 1 atom stereocenters. The number of H-pyrrole nitrogens is 1. The Labute approximate surface area is 193 Å². The number of esters is 1. The summed E-state index contributed by atoms with van der Waals surface area (Å²) in [5, 5.41) is 11.4. The minimum atomic E-state index is -0.733. The van der Waals surface area contributed by atoms with Crippen LogP contribution in [0.15, 0.2) is 35.9 Å². The molecule has 8 heteroatoms. The molecule has 1 aliphatic rings. The fourth-order valence-corrected chi connectivity index (χ4v) is 4.30. The van der Waals surface area contributed by atoms with E-state index in [4.69, 9.17) is 4.74 Å². The van der Waals surface area contributed by atoms with Crippen molar-refractivity contribution < 1.29 is 24.2 Å². The number of carbonyl (C=O) groups is 3. The standard InChI is InChI=1S/C25H31N3O5/c1-6-33-25(32)20-15(2)18(16(3)26-20)22(29)19-21(17-11-8-7-9-12-17)28(24(31)23(19)30)14-10-13-27(4)5/h7-9,11-12,21,26,29H,6,10,13-14H2,1-5H3/t21-/m0/s1. The van der Waals surface area contributed by atoms with Crippen molar-refractivity contribution >= 4 is 23.4 Å². The van der Waals surface area contributed by atoms with E-state index in [1.54, 1.807) is 20.8 Å². The van der Waals surface area contributed by atoms with Crippen LogP contribution < -0.4 is 0 Å². The minimum absolute atomic E-state index is 0.0247. The summed E-state index contributed by atoms with van der Waals surface area (Å²) in [6.07, 6.45) is 0.679. The second kappa shape index (κ2) is 10.0. The molecule has 3 rings (SSSR count). The molecule has 0 saturated carbocycles. The van der Waals surface area contributed by atoms with Crippen molar-refractivity contribution in [2.24, 2.45) is 0 Å². The maximum absolute atomic E-state index is 13.2. The number of carbonyl (C=O) groups excluding carboxylic acids is 3. The molecule has 1 aromatic heterocycles. The third-order valence-electron chi connectivity index (χ3n) is 5.81. The summed E-state index contributed by atoms with van der Waals surface area (Å²) in [7, 11) is 3.89. The van der Waals surface area contributed by atoms with Crippen LogP contribution in [0.4, 0.5) is 0 Å². The van der Waals surface area contributed by atoms with Crippen LogP contribution in [0, 0.1) is 13.8 Å². The largest absolute Gasteiger partial charge is 0.507 e. The van der Waals surface area contributed by atoms with Crippen LogP contribution in [0.2, 0.25) is 0 Å². The normalized spacial score (nSPS) is 17.8. The molecule has 2 N–H and O–H groups in total. The first-order valence-electron chi connectivity index (χ1n) is 11.0. The Balaban J connectivity index is 2.13. The van der Waals surface area contributed by atoms with E-state index in [2.05, 4.69) is 4.98 Å². The SMILES string of the molecule is CCOC(=O)c1[nH]c(C)c(C(O)=C2C(=O)C(=O)N(CCCN(C)C)[C@H]2c2ccccc2)c1C. The first-order chi connectivity index (χ1) is 15.7. The van der Waals surface area contributed by atoms with Crippen molar-refractivity contribution in [3.05, 3.63) is 64.0 Å². The van der Waals surface area contributed by atoms with Gasteiger partial charge in [-0.3, -0.25) is 9.59 Å². The molecule has 0 unspecified atom stereocenters. The lowest BCUT2D eigenvalue weighted by atomic mass is 9.94. The molecule has 0 spiro atoms. The van der Waals surface area contributed by atoms with Crippen molar-refractivity contribution in [1.82, 2.24) is 14.8 Å². The quantitative estimate of drug-likeness (QED) is 0.275. The molecule has 1 aliphatic heterocycles. The molecule has 2 aromatic rings. The van der Waals surface area contributed by atoms with E-state index in [-0.39, 0.29) is 23.6 Å². The Morgan fingerprint density at radius 2 is 1.85 bits per heavy atom. The van der Waals surface area contributed by atoms with Gasteiger partial charge in [0.25, 0.3) is 11.7 Å². The number of benzene rings is 1.